The van der Waals surface area contributed by atoms with Gasteiger partial charge in [-0.25, -0.2) is 4.52 Å². The molecule has 0 bridgehead atoms. The number of non-ortho nitro benzene ring substituents is 1. The zero-order valence-electron chi connectivity index (χ0n) is 18.3. The number of anilines is 1. The lowest BCUT2D eigenvalue weighted by Crippen LogP contribution is -2.23. The molecule has 0 aliphatic rings. The second-order valence-electron chi connectivity index (χ2n) is 7.29. The normalized spacial score (nSPS) is 11.4. The summed E-state index contributed by atoms with van der Waals surface area (Å²) in [7, 11) is -3.05. The fourth-order valence-electron chi connectivity index (χ4n) is 3.20. The van der Waals surface area contributed by atoms with E-state index in [0.717, 1.165) is 16.0 Å². The largest absolute Gasteiger partial charge is 0.380 e. The number of pyridine rings is 2. The van der Waals surface area contributed by atoms with E-state index in [2.05, 4.69) is 20.5 Å². The lowest BCUT2D eigenvalue weighted by atomic mass is 10.2. The van der Waals surface area contributed by atoms with Gasteiger partial charge in [-0.1, -0.05) is 6.07 Å². The van der Waals surface area contributed by atoms with E-state index in [-0.39, 0.29) is 22.8 Å². The molecular weight excluding hydrogens is 472 g/mol. The molecule has 1 aromatic carbocycles. The maximum absolute atomic E-state index is 13.3. The van der Waals surface area contributed by atoms with Crippen molar-refractivity contribution < 1.29 is 13.3 Å². The summed E-state index contributed by atoms with van der Waals surface area (Å²) in [5, 5.41) is 31.6. The summed E-state index contributed by atoms with van der Waals surface area (Å²) < 4.78 is 28.9. The van der Waals surface area contributed by atoms with Crippen molar-refractivity contribution in [1.82, 2.24) is 19.0 Å². The quantitative estimate of drug-likeness (QED) is 0.224. The molecule has 1 N–H and O–H groups in total. The molecule has 0 aliphatic heterocycles. The van der Waals surface area contributed by atoms with Gasteiger partial charge < -0.3 is 5.32 Å². The van der Waals surface area contributed by atoms with Crippen molar-refractivity contribution in [2.75, 3.05) is 12.4 Å². The topological polar surface area (TPSA) is 159 Å². The SMILES string of the molecule is CN(N=Cc1cnn2ccc(C#N)cc12)S(=O)(=O)c1cc([N+](=O)[O-])ccc1NCc1cccnc1. The second kappa shape index (κ2) is 9.57. The molecule has 12 nitrogen and oxygen atoms in total. The van der Waals surface area contributed by atoms with Gasteiger partial charge in [0.25, 0.3) is 15.7 Å². The van der Waals surface area contributed by atoms with Crippen LogP contribution in [0.3, 0.4) is 0 Å². The number of hydrogen-bond acceptors (Lipinski definition) is 9. The number of hydrogen-bond donors (Lipinski definition) is 1. The van der Waals surface area contributed by atoms with Gasteiger partial charge in [0.15, 0.2) is 0 Å². The first-order valence-corrected chi connectivity index (χ1v) is 11.6. The summed E-state index contributed by atoms with van der Waals surface area (Å²) in [5.41, 5.74) is 2.06. The maximum Gasteiger partial charge on any atom is 0.281 e. The summed E-state index contributed by atoms with van der Waals surface area (Å²) in [4.78, 5) is 14.3. The molecular formula is C22H18N8O4S. The first-order valence-electron chi connectivity index (χ1n) is 10.1. The van der Waals surface area contributed by atoms with E-state index >= 15 is 0 Å². The molecule has 0 fully saturated rings. The van der Waals surface area contributed by atoms with Crippen LogP contribution >= 0.6 is 0 Å². The Bertz CT molecular complexity index is 1580. The molecule has 0 saturated heterocycles. The van der Waals surface area contributed by atoms with Gasteiger partial charge in [0.2, 0.25) is 0 Å². The van der Waals surface area contributed by atoms with Gasteiger partial charge in [-0.05, 0) is 29.8 Å². The molecule has 0 aliphatic carbocycles. The number of nitrogens with zero attached hydrogens (tertiary/aromatic N) is 7. The molecule has 0 atom stereocenters. The lowest BCUT2D eigenvalue weighted by Gasteiger charge is -2.17. The van der Waals surface area contributed by atoms with Gasteiger partial charge in [-0.3, -0.25) is 15.1 Å². The van der Waals surface area contributed by atoms with E-state index in [0.29, 0.717) is 16.6 Å². The van der Waals surface area contributed by atoms with E-state index in [9.17, 15) is 18.5 Å². The molecule has 0 amide bonds. The van der Waals surface area contributed by atoms with Crippen LogP contribution in [0.4, 0.5) is 11.4 Å². The molecule has 4 aromatic rings. The van der Waals surface area contributed by atoms with Gasteiger partial charge in [0.1, 0.15) is 4.90 Å². The predicted molar refractivity (Wildman–Crippen MR) is 127 cm³/mol. The highest BCUT2D eigenvalue weighted by atomic mass is 32.2. The summed E-state index contributed by atoms with van der Waals surface area (Å²) in [5.74, 6) is 0. The third-order valence-corrected chi connectivity index (χ3v) is 6.73. The van der Waals surface area contributed by atoms with Crippen LogP contribution in [0, 0.1) is 21.4 Å². The Morgan fingerprint density at radius 1 is 1.29 bits per heavy atom. The Kier molecular flexibility index (Phi) is 6.38. The second-order valence-corrected chi connectivity index (χ2v) is 9.21. The fourth-order valence-corrected chi connectivity index (χ4v) is 4.34. The molecule has 4 rings (SSSR count). The number of nitrogens with one attached hydrogen (secondary N) is 1. The highest BCUT2D eigenvalue weighted by Gasteiger charge is 2.26. The van der Waals surface area contributed by atoms with Crippen molar-refractivity contribution in [1.29, 1.82) is 5.26 Å². The van der Waals surface area contributed by atoms with Gasteiger partial charge >= 0.3 is 0 Å². The Morgan fingerprint density at radius 2 is 2.11 bits per heavy atom. The number of nitro groups is 1. The van der Waals surface area contributed by atoms with E-state index in [1.165, 1.54) is 36.1 Å². The number of rotatable bonds is 8. The van der Waals surface area contributed by atoms with Crippen LogP contribution in [-0.2, 0) is 16.6 Å². The van der Waals surface area contributed by atoms with Crippen molar-refractivity contribution in [2.24, 2.45) is 5.10 Å². The van der Waals surface area contributed by atoms with E-state index in [4.69, 9.17) is 5.26 Å². The minimum absolute atomic E-state index is 0.177. The molecule has 3 heterocycles. The summed E-state index contributed by atoms with van der Waals surface area (Å²) in [6, 6.07) is 12.3. The van der Waals surface area contributed by atoms with Crippen LogP contribution < -0.4 is 5.32 Å². The molecule has 0 saturated carbocycles. The highest BCUT2D eigenvalue weighted by Crippen LogP contribution is 2.29. The molecule has 3 aromatic heterocycles. The monoisotopic (exact) mass is 490 g/mol. The van der Waals surface area contributed by atoms with E-state index in [1.807, 2.05) is 12.1 Å². The maximum atomic E-state index is 13.3. The molecule has 0 unspecified atom stereocenters. The Hall–Kier alpha value is -4.83. The van der Waals surface area contributed by atoms with Gasteiger partial charge in [-0.15, -0.1) is 0 Å². The van der Waals surface area contributed by atoms with Crippen molar-refractivity contribution >= 4 is 33.1 Å². The van der Waals surface area contributed by atoms with Crippen LogP contribution in [-0.4, -0.2) is 45.6 Å². The molecule has 176 valence electrons. The number of nitro benzene ring substituents is 1. The Labute approximate surface area is 200 Å². The van der Waals surface area contributed by atoms with Gasteiger partial charge in [0, 0.05) is 49.9 Å². The first-order chi connectivity index (χ1) is 16.8. The molecule has 0 radical (unpaired) electrons. The van der Waals surface area contributed by atoms with Crippen LogP contribution in [0.2, 0.25) is 0 Å². The number of aromatic nitrogens is 3. The predicted octanol–water partition coefficient (Wildman–Crippen LogP) is 2.78. The van der Waals surface area contributed by atoms with Crippen LogP contribution in [0.15, 0.2) is 77.2 Å². The average Bonchev–Trinajstić information content (AvgIpc) is 3.28. The van der Waals surface area contributed by atoms with Crippen LogP contribution in [0.5, 0.6) is 0 Å². The number of hydrazone groups is 1. The van der Waals surface area contributed by atoms with Gasteiger partial charge in [0.05, 0.1) is 40.2 Å². The molecule has 0 spiro atoms. The number of fused-ring (bicyclic) bond motifs is 1. The Morgan fingerprint density at radius 3 is 2.83 bits per heavy atom. The number of nitriles is 1. The molecule has 35 heavy (non-hydrogen) atoms. The first kappa shape index (κ1) is 23.3. The summed E-state index contributed by atoms with van der Waals surface area (Å²) in [6.07, 6.45) is 7.62. The number of benzene rings is 1. The zero-order valence-corrected chi connectivity index (χ0v) is 19.1. The standard InChI is InChI=1S/C22H18N8O4S/c1-28(26-14-18-15-27-29-8-6-16(11-23)9-21(18)29)35(33,34)22-10-19(30(31)32)4-5-20(22)25-13-17-3-2-7-24-12-17/h2-10,12,14-15,25H,13H2,1H3. The van der Waals surface area contributed by atoms with E-state index in [1.54, 1.807) is 36.8 Å². The fraction of sp³-hybridized carbons (Fsp3) is 0.0909. The minimum atomic E-state index is -4.28. The minimum Gasteiger partial charge on any atom is -0.380 e. The van der Waals surface area contributed by atoms with E-state index < -0.39 is 14.9 Å². The zero-order chi connectivity index (χ0) is 25.0. The van der Waals surface area contributed by atoms with Crippen LogP contribution in [0.25, 0.3) is 5.52 Å². The highest BCUT2D eigenvalue weighted by molar-refractivity contribution is 7.89. The van der Waals surface area contributed by atoms with Crippen molar-refractivity contribution in [2.45, 2.75) is 11.4 Å². The molecule has 13 heteroatoms. The van der Waals surface area contributed by atoms with Crippen molar-refractivity contribution in [3.63, 3.8) is 0 Å². The summed E-state index contributed by atoms with van der Waals surface area (Å²) >= 11 is 0. The average molecular weight is 491 g/mol. The third-order valence-electron chi connectivity index (χ3n) is 5.05. The lowest BCUT2D eigenvalue weighted by molar-refractivity contribution is -0.385. The Balaban J connectivity index is 1.66. The van der Waals surface area contributed by atoms with Gasteiger partial charge in [-0.2, -0.15) is 28.3 Å². The van der Waals surface area contributed by atoms with Crippen LogP contribution in [0.1, 0.15) is 16.7 Å². The smallest absolute Gasteiger partial charge is 0.281 e. The number of sulfonamides is 1. The summed E-state index contributed by atoms with van der Waals surface area (Å²) in [6.45, 7) is 0.255. The third kappa shape index (κ3) is 4.92. The van der Waals surface area contributed by atoms with Crippen molar-refractivity contribution in [3.05, 3.63) is 94.1 Å². The van der Waals surface area contributed by atoms with Crippen molar-refractivity contribution in [3.8, 4) is 6.07 Å².